The average Bonchev–Trinajstić information content (AvgIpc) is 3.92. The molecule has 1 unspecified atom stereocenters. The fourth-order valence-electron chi connectivity index (χ4n) is 9.87. The summed E-state index contributed by atoms with van der Waals surface area (Å²) in [6.07, 6.45) is -0.366. The van der Waals surface area contributed by atoms with Crippen molar-refractivity contribution in [3.05, 3.63) is 235 Å². The highest BCUT2D eigenvalue weighted by Gasteiger charge is 2.26. The molecule has 1 N–H and O–H groups in total. The second-order valence-electron chi connectivity index (χ2n) is 16.5. The van der Waals surface area contributed by atoms with Gasteiger partial charge in [0.05, 0.1) is 11.0 Å². The van der Waals surface area contributed by atoms with Gasteiger partial charge in [-0.05, 0) is 91.8 Å². The van der Waals surface area contributed by atoms with Crippen molar-refractivity contribution in [3.63, 3.8) is 0 Å². The van der Waals surface area contributed by atoms with Gasteiger partial charge in [-0.3, -0.25) is 0 Å². The number of thiophene rings is 1. The molecule has 2 aromatic heterocycles. The van der Waals surface area contributed by atoms with Crippen LogP contribution in [0.15, 0.2) is 228 Å². The summed E-state index contributed by atoms with van der Waals surface area (Å²) in [5.74, 6) is 1.47. The Bertz CT molecular complexity index is 3880. The van der Waals surface area contributed by atoms with Crippen molar-refractivity contribution in [3.8, 4) is 27.9 Å². The number of amidine groups is 2. The predicted octanol–water partition coefficient (Wildman–Crippen LogP) is 15.3. The number of fused-ring (bicyclic) bond motifs is 9. The van der Waals surface area contributed by atoms with Crippen LogP contribution in [0.1, 0.15) is 22.9 Å². The van der Waals surface area contributed by atoms with Gasteiger partial charge in [0.25, 0.3) is 0 Å². The fourth-order valence-corrected chi connectivity index (χ4v) is 11.1. The molecule has 1 atom stereocenters. The molecule has 0 bridgehead atoms. The largest absolute Gasteiger partial charge is 0.344 e. The van der Waals surface area contributed by atoms with E-state index in [2.05, 4.69) is 228 Å². The summed E-state index contributed by atoms with van der Waals surface area (Å²) in [5, 5.41) is 13.7. The molecular weight excluding hydrogens is 797 g/mol. The molecule has 13 rings (SSSR count). The Labute approximate surface area is 373 Å². The summed E-state index contributed by atoms with van der Waals surface area (Å²) in [6.45, 7) is 0. The molecule has 0 fully saturated rings. The minimum atomic E-state index is -0.366. The minimum Gasteiger partial charge on any atom is -0.344 e. The Morgan fingerprint density at radius 3 is 1.97 bits per heavy atom. The van der Waals surface area contributed by atoms with Gasteiger partial charge in [-0.1, -0.05) is 176 Å². The van der Waals surface area contributed by atoms with Crippen LogP contribution in [-0.4, -0.2) is 16.2 Å². The van der Waals surface area contributed by atoms with Gasteiger partial charge in [-0.25, -0.2) is 9.98 Å². The zero-order valence-electron chi connectivity index (χ0n) is 34.6. The Balaban J connectivity index is 1.10. The number of rotatable bonds is 6. The molecule has 0 spiro atoms. The predicted molar refractivity (Wildman–Crippen MR) is 271 cm³/mol. The third-order valence-electron chi connectivity index (χ3n) is 12.8. The quantitative estimate of drug-likeness (QED) is 0.178. The van der Waals surface area contributed by atoms with E-state index in [1.165, 1.54) is 63.5 Å². The molecule has 12 aromatic rings. The molecule has 4 nitrogen and oxygen atoms in total. The number of nitrogens with zero attached hydrogens (tertiary/aromatic N) is 3. The summed E-state index contributed by atoms with van der Waals surface area (Å²) in [7, 11) is 0. The molecule has 5 heteroatoms. The van der Waals surface area contributed by atoms with E-state index in [0.717, 1.165) is 50.5 Å². The Kier molecular flexibility index (Phi) is 8.43. The lowest BCUT2D eigenvalue weighted by atomic mass is 9.93. The molecule has 0 amide bonds. The van der Waals surface area contributed by atoms with Gasteiger partial charge in [-0.15, -0.1) is 11.3 Å². The van der Waals surface area contributed by atoms with Gasteiger partial charge in [0.1, 0.15) is 12.0 Å². The molecule has 0 saturated carbocycles. The average molecular weight is 835 g/mol. The summed E-state index contributed by atoms with van der Waals surface area (Å²) in [5.41, 5.74) is 11.0. The summed E-state index contributed by atoms with van der Waals surface area (Å²) >= 11 is 1.87. The third kappa shape index (κ3) is 5.89. The van der Waals surface area contributed by atoms with Crippen molar-refractivity contribution in [2.75, 3.05) is 0 Å². The molecule has 64 heavy (non-hydrogen) atoms. The Morgan fingerprint density at radius 2 is 1.12 bits per heavy atom. The van der Waals surface area contributed by atoms with E-state index in [1.54, 1.807) is 0 Å². The van der Waals surface area contributed by atoms with Gasteiger partial charge in [-0.2, -0.15) is 0 Å². The van der Waals surface area contributed by atoms with Crippen molar-refractivity contribution in [1.29, 1.82) is 0 Å². The van der Waals surface area contributed by atoms with Gasteiger partial charge < -0.3 is 9.88 Å². The number of aliphatic imine (C=N–C) groups is 2. The van der Waals surface area contributed by atoms with Gasteiger partial charge in [0.15, 0.2) is 5.84 Å². The Morgan fingerprint density at radius 1 is 0.438 bits per heavy atom. The van der Waals surface area contributed by atoms with Crippen molar-refractivity contribution >= 4 is 86.5 Å². The van der Waals surface area contributed by atoms with Crippen LogP contribution in [0.3, 0.4) is 0 Å². The van der Waals surface area contributed by atoms with Gasteiger partial charge in [0.2, 0.25) is 0 Å². The van der Waals surface area contributed by atoms with E-state index in [0.29, 0.717) is 5.84 Å². The smallest absolute Gasteiger partial charge is 0.160 e. The minimum absolute atomic E-state index is 0.366. The molecule has 1 aliphatic heterocycles. The Hall–Kier alpha value is -8.12. The number of hydrogen-bond donors (Lipinski definition) is 1. The van der Waals surface area contributed by atoms with Crippen LogP contribution in [0.25, 0.3) is 91.5 Å². The van der Waals surface area contributed by atoms with Crippen molar-refractivity contribution < 1.29 is 0 Å². The first kappa shape index (κ1) is 36.5. The lowest BCUT2D eigenvalue weighted by Gasteiger charge is -2.26. The maximum atomic E-state index is 5.52. The first-order valence-electron chi connectivity index (χ1n) is 21.8. The first-order chi connectivity index (χ1) is 31.7. The highest BCUT2D eigenvalue weighted by atomic mass is 32.1. The highest BCUT2D eigenvalue weighted by Crippen LogP contribution is 2.45. The zero-order valence-corrected chi connectivity index (χ0v) is 35.4. The van der Waals surface area contributed by atoms with E-state index in [-0.39, 0.29) is 6.17 Å². The number of hydrogen-bond acceptors (Lipinski definition) is 4. The van der Waals surface area contributed by atoms with E-state index >= 15 is 0 Å². The maximum absolute atomic E-state index is 5.52. The number of aromatic nitrogens is 1. The van der Waals surface area contributed by atoms with Crippen molar-refractivity contribution in [1.82, 2.24) is 9.88 Å². The van der Waals surface area contributed by atoms with Crippen LogP contribution in [-0.2, 0) is 0 Å². The van der Waals surface area contributed by atoms with E-state index in [1.807, 2.05) is 11.3 Å². The van der Waals surface area contributed by atoms with Gasteiger partial charge in [0, 0.05) is 47.8 Å². The number of benzene rings is 10. The highest BCUT2D eigenvalue weighted by molar-refractivity contribution is 7.26. The van der Waals surface area contributed by atoms with Crippen LogP contribution in [0.5, 0.6) is 0 Å². The molecule has 1 aliphatic rings. The summed E-state index contributed by atoms with van der Waals surface area (Å²) < 4.78 is 4.98. The third-order valence-corrected chi connectivity index (χ3v) is 14.0. The zero-order chi connectivity index (χ0) is 42.1. The SMILES string of the molecule is c1ccc(-c2ccccc2C2=NC(c3ccc(-n4c5ccccc5c5cc6ccccc6cc54)cc3-c3cccc4sc5c6ccccc6ccc5c34)=NC(c3ccccc3)N2)cc1. The standard InChI is InChI=1S/C59H38N4S/c1-3-16-37(17-4-1)43-23-11-12-26-47(43)58-60-57(39-19-5-2-6-20-39)61-59(62-58)48-33-31-42(63-52-28-14-13-25-45(52)51-34-40-21-7-8-22-41(40)35-53(51)63)36-50(48)46-27-15-29-54-55(46)49-32-30-38-18-9-10-24-44(38)56(49)64-54/h1-36,57H,(H,60,61,62). The van der Waals surface area contributed by atoms with Crippen LogP contribution in [0.2, 0.25) is 0 Å². The normalized spacial score (nSPS) is 14.1. The van der Waals surface area contributed by atoms with Crippen molar-refractivity contribution in [2.45, 2.75) is 6.17 Å². The van der Waals surface area contributed by atoms with Crippen LogP contribution >= 0.6 is 11.3 Å². The van der Waals surface area contributed by atoms with Crippen LogP contribution in [0.4, 0.5) is 0 Å². The lowest BCUT2D eigenvalue weighted by molar-refractivity contribution is 0.674. The lowest BCUT2D eigenvalue weighted by Crippen LogP contribution is -2.34. The van der Waals surface area contributed by atoms with E-state index in [4.69, 9.17) is 9.98 Å². The topological polar surface area (TPSA) is 41.7 Å². The first-order valence-corrected chi connectivity index (χ1v) is 22.6. The molecule has 300 valence electrons. The van der Waals surface area contributed by atoms with Crippen LogP contribution in [0, 0.1) is 0 Å². The molecule has 0 aliphatic carbocycles. The number of nitrogens with one attached hydrogen (secondary N) is 1. The van der Waals surface area contributed by atoms with Crippen LogP contribution < -0.4 is 5.32 Å². The second kappa shape index (κ2) is 14.8. The second-order valence-corrected chi connectivity index (χ2v) is 17.6. The molecule has 3 heterocycles. The maximum Gasteiger partial charge on any atom is 0.160 e. The van der Waals surface area contributed by atoms with E-state index in [9.17, 15) is 0 Å². The molecule has 0 radical (unpaired) electrons. The molecule has 10 aromatic carbocycles. The summed E-state index contributed by atoms with van der Waals surface area (Å²) in [4.78, 5) is 11.0. The molecular formula is C59H38N4S. The van der Waals surface area contributed by atoms with E-state index < -0.39 is 0 Å². The number of para-hydroxylation sites is 1. The monoisotopic (exact) mass is 834 g/mol. The fraction of sp³-hybridized carbons (Fsp3) is 0.0169. The van der Waals surface area contributed by atoms with Crippen molar-refractivity contribution in [2.24, 2.45) is 9.98 Å². The summed E-state index contributed by atoms with van der Waals surface area (Å²) in [6, 6.07) is 78.7. The molecule has 0 saturated heterocycles. The van der Waals surface area contributed by atoms with Gasteiger partial charge >= 0.3 is 0 Å².